The van der Waals surface area contributed by atoms with Gasteiger partial charge in [0.15, 0.2) is 0 Å². The van der Waals surface area contributed by atoms with Crippen molar-refractivity contribution >= 4 is 46.2 Å². The molecule has 104 valence electrons. The number of rotatable bonds is 5. The van der Waals surface area contributed by atoms with Crippen LogP contribution in [0, 0.1) is 3.57 Å². The number of carbonyl (C=O) groups excluding carboxylic acids is 1. The van der Waals surface area contributed by atoms with Crippen molar-refractivity contribution in [2.45, 2.75) is 13.0 Å². The summed E-state index contributed by atoms with van der Waals surface area (Å²) < 4.78 is 0.952. The van der Waals surface area contributed by atoms with Gasteiger partial charge in [-0.1, -0.05) is 17.7 Å². The van der Waals surface area contributed by atoms with Crippen LogP contribution in [0.5, 0.6) is 0 Å². The number of hydrogen-bond donors (Lipinski definition) is 2. The molecule has 0 spiro atoms. The summed E-state index contributed by atoms with van der Waals surface area (Å²) in [6, 6.07) is 5.24. The van der Waals surface area contributed by atoms with Gasteiger partial charge in [0.2, 0.25) is 0 Å². The molecule has 0 unspecified atom stereocenters. The molecule has 0 radical (unpaired) electrons. The quantitative estimate of drug-likeness (QED) is 0.752. The van der Waals surface area contributed by atoms with Crippen LogP contribution in [0.4, 0.5) is 4.79 Å². The fraction of sp³-hybridized carbons (Fsp3) is 0.333. The van der Waals surface area contributed by atoms with Gasteiger partial charge in [0.05, 0.1) is 11.4 Å². The summed E-state index contributed by atoms with van der Waals surface area (Å²) in [6.45, 7) is 0.529. The molecule has 0 heterocycles. The predicted octanol–water partition coefficient (Wildman–Crippen LogP) is 2.56. The molecule has 0 aliphatic carbocycles. The number of carboxylic acid groups (broad SMARTS) is 1. The van der Waals surface area contributed by atoms with Crippen molar-refractivity contribution < 1.29 is 14.7 Å². The van der Waals surface area contributed by atoms with Crippen LogP contribution in [0.2, 0.25) is 5.02 Å². The Morgan fingerprint density at radius 2 is 2.16 bits per heavy atom. The Bertz CT molecular complexity index is 482. The van der Waals surface area contributed by atoms with Crippen LogP contribution in [-0.2, 0) is 11.3 Å². The van der Waals surface area contributed by atoms with Crippen molar-refractivity contribution in [2.75, 3.05) is 13.6 Å². The predicted molar refractivity (Wildman–Crippen MR) is 81.3 cm³/mol. The molecular weight excluding hydrogens is 383 g/mol. The number of benzene rings is 1. The van der Waals surface area contributed by atoms with Crippen molar-refractivity contribution in [3.05, 3.63) is 32.4 Å². The number of nitrogens with zero attached hydrogens (tertiary/aromatic N) is 1. The molecule has 0 aromatic heterocycles. The van der Waals surface area contributed by atoms with Gasteiger partial charge in [0, 0.05) is 23.7 Å². The van der Waals surface area contributed by atoms with E-state index in [1.807, 2.05) is 12.1 Å². The number of halogens is 2. The summed E-state index contributed by atoms with van der Waals surface area (Å²) in [5, 5.41) is 11.9. The average molecular weight is 397 g/mol. The molecule has 2 N–H and O–H groups in total. The highest BCUT2D eigenvalue weighted by molar-refractivity contribution is 14.1. The number of carbonyl (C=O) groups is 2. The van der Waals surface area contributed by atoms with E-state index >= 15 is 0 Å². The van der Waals surface area contributed by atoms with Gasteiger partial charge >= 0.3 is 12.0 Å². The minimum absolute atomic E-state index is 0.0702. The van der Waals surface area contributed by atoms with Gasteiger partial charge in [0.1, 0.15) is 0 Å². The zero-order valence-corrected chi connectivity index (χ0v) is 13.2. The number of nitrogens with one attached hydrogen (secondary N) is 1. The third-order valence-electron chi connectivity index (χ3n) is 2.44. The van der Waals surface area contributed by atoms with E-state index in [-0.39, 0.29) is 19.0 Å². The lowest BCUT2D eigenvalue weighted by atomic mass is 10.2. The number of amides is 2. The Hall–Kier alpha value is -1.02. The standard InChI is InChI=1S/C12H14ClIN2O3/c1-16(5-4-11(17)18)12(19)15-7-8-2-3-10(14)9(13)6-8/h2-3,6H,4-5,7H2,1H3,(H,15,19)(H,17,18). The van der Waals surface area contributed by atoms with Crippen molar-refractivity contribution in [3.8, 4) is 0 Å². The summed E-state index contributed by atoms with van der Waals surface area (Å²) in [6.07, 6.45) is -0.0702. The van der Waals surface area contributed by atoms with Gasteiger partial charge in [-0.2, -0.15) is 0 Å². The fourth-order valence-electron chi connectivity index (χ4n) is 1.33. The first-order chi connectivity index (χ1) is 8.90. The van der Waals surface area contributed by atoms with Crippen molar-refractivity contribution in [3.63, 3.8) is 0 Å². The van der Waals surface area contributed by atoms with Gasteiger partial charge in [0.25, 0.3) is 0 Å². The molecule has 0 atom stereocenters. The van der Waals surface area contributed by atoms with E-state index in [0.717, 1.165) is 9.13 Å². The number of aliphatic carboxylic acids is 1. The van der Waals surface area contributed by atoms with E-state index in [4.69, 9.17) is 16.7 Å². The maximum atomic E-state index is 11.7. The van der Waals surface area contributed by atoms with Crippen LogP contribution in [0.15, 0.2) is 18.2 Å². The highest BCUT2D eigenvalue weighted by Gasteiger charge is 2.09. The zero-order chi connectivity index (χ0) is 14.4. The summed E-state index contributed by atoms with van der Waals surface area (Å²) in [7, 11) is 1.55. The molecule has 1 aromatic rings. The molecule has 0 saturated carbocycles. The van der Waals surface area contributed by atoms with Gasteiger partial charge in [-0.15, -0.1) is 0 Å². The summed E-state index contributed by atoms with van der Waals surface area (Å²) >= 11 is 8.11. The molecule has 5 nitrogen and oxygen atoms in total. The molecule has 0 aliphatic heterocycles. The lowest BCUT2D eigenvalue weighted by Gasteiger charge is -2.17. The van der Waals surface area contributed by atoms with Gasteiger partial charge in [-0.05, 0) is 40.3 Å². The van der Waals surface area contributed by atoms with Crippen LogP contribution in [0.1, 0.15) is 12.0 Å². The molecule has 0 saturated heterocycles. The maximum Gasteiger partial charge on any atom is 0.317 e. The summed E-state index contributed by atoms with van der Waals surface area (Å²) in [5.74, 6) is -0.927. The van der Waals surface area contributed by atoms with E-state index in [2.05, 4.69) is 27.9 Å². The lowest BCUT2D eigenvalue weighted by molar-refractivity contribution is -0.137. The van der Waals surface area contributed by atoms with Crippen molar-refractivity contribution in [2.24, 2.45) is 0 Å². The molecule has 2 amide bonds. The second-order valence-corrected chi connectivity index (χ2v) is 5.54. The van der Waals surface area contributed by atoms with Crippen molar-refractivity contribution in [1.82, 2.24) is 10.2 Å². The van der Waals surface area contributed by atoms with E-state index < -0.39 is 5.97 Å². The Balaban J connectivity index is 2.44. The van der Waals surface area contributed by atoms with Crippen LogP contribution in [-0.4, -0.2) is 35.6 Å². The second kappa shape index (κ2) is 7.54. The minimum Gasteiger partial charge on any atom is -0.481 e. The zero-order valence-electron chi connectivity index (χ0n) is 10.3. The topological polar surface area (TPSA) is 69.6 Å². The minimum atomic E-state index is -0.927. The summed E-state index contributed by atoms with van der Waals surface area (Å²) in [4.78, 5) is 23.4. The third kappa shape index (κ3) is 5.65. The molecule has 1 rings (SSSR count). The van der Waals surface area contributed by atoms with E-state index in [1.54, 1.807) is 13.1 Å². The third-order valence-corrected chi connectivity index (χ3v) is 4.01. The van der Waals surface area contributed by atoms with Gasteiger partial charge < -0.3 is 15.3 Å². The first-order valence-electron chi connectivity index (χ1n) is 5.55. The lowest BCUT2D eigenvalue weighted by Crippen LogP contribution is -2.37. The van der Waals surface area contributed by atoms with Gasteiger partial charge in [-0.3, -0.25) is 4.79 Å². The Labute approximate surface area is 130 Å². The SMILES string of the molecule is CN(CCC(=O)O)C(=O)NCc1ccc(I)c(Cl)c1. The second-order valence-electron chi connectivity index (χ2n) is 3.97. The first-order valence-corrected chi connectivity index (χ1v) is 7.00. The maximum absolute atomic E-state index is 11.7. The van der Waals surface area contributed by atoms with E-state index in [9.17, 15) is 9.59 Å². The molecule has 0 bridgehead atoms. The number of hydrogen-bond acceptors (Lipinski definition) is 2. The van der Waals surface area contributed by atoms with Crippen LogP contribution in [0.25, 0.3) is 0 Å². The normalized spacial score (nSPS) is 10.1. The van der Waals surface area contributed by atoms with Crippen LogP contribution < -0.4 is 5.32 Å². The largest absolute Gasteiger partial charge is 0.481 e. The first kappa shape index (κ1) is 16.0. The van der Waals surface area contributed by atoms with Crippen LogP contribution in [0.3, 0.4) is 0 Å². The van der Waals surface area contributed by atoms with Gasteiger partial charge in [-0.25, -0.2) is 4.79 Å². The number of carboxylic acids is 1. The monoisotopic (exact) mass is 396 g/mol. The van der Waals surface area contributed by atoms with E-state index in [0.29, 0.717) is 11.6 Å². The van der Waals surface area contributed by atoms with E-state index in [1.165, 1.54) is 4.90 Å². The molecule has 7 heteroatoms. The Morgan fingerprint density at radius 1 is 1.47 bits per heavy atom. The molecule has 19 heavy (non-hydrogen) atoms. The fourth-order valence-corrected chi connectivity index (χ4v) is 1.87. The number of urea groups is 1. The molecule has 0 aliphatic rings. The van der Waals surface area contributed by atoms with Crippen molar-refractivity contribution in [1.29, 1.82) is 0 Å². The summed E-state index contributed by atoms with van der Waals surface area (Å²) in [5.41, 5.74) is 0.894. The molecule has 0 fully saturated rings. The highest BCUT2D eigenvalue weighted by Crippen LogP contribution is 2.19. The molecular formula is C12H14ClIN2O3. The smallest absolute Gasteiger partial charge is 0.317 e. The highest BCUT2D eigenvalue weighted by atomic mass is 127. The average Bonchev–Trinajstić information content (AvgIpc) is 2.36. The Morgan fingerprint density at radius 3 is 2.74 bits per heavy atom. The van der Waals surface area contributed by atoms with Crippen LogP contribution >= 0.6 is 34.2 Å². The Kier molecular flexibility index (Phi) is 6.36. The molecule has 1 aromatic carbocycles.